The average molecular weight is 486 g/mol. The van der Waals surface area contributed by atoms with Crippen LogP contribution >= 0.6 is 0 Å². The lowest BCUT2D eigenvalue weighted by atomic mass is 9.64. The van der Waals surface area contributed by atoms with Gasteiger partial charge in [0.15, 0.2) is 0 Å². The van der Waals surface area contributed by atoms with E-state index in [9.17, 15) is 9.90 Å². The van der Waals surface area contributed by atoms with Crippen molar-refractivity contribution in [2.75, 3.05) is 20.1 Å². The molecule has 6 rings (SSSR count). The minimum Gasteiger partial charge on any atom is -0.388 e. The zero-order valence-electron chi connectivity index (χ0n) is 22.8. The maximum Gasteiger partial charge on any atom is 0.219 e. The zero-order chi connectivity index (χ0) is 24.5. The van der Waals surface area contributed by atoms with E-state index in [4.69, 9.17) is 0 Å². The third-order valence-electron chi connectivity index (χ3n) is 12.0. The smallest absolute Gasteiger partial charge is 0.219 e. The van der Waals surface area contributed by atoms with E-state index in [1.54, 1.807) is 6.92 Å². The van der Waals surface area contributed by atoms with Crippen LogP contribution in [0.1, 0.15) is 91.4 Å². The number of hydrogen-bond donors (Lipinski definition) is 2. The second-order valence-electron chi connectivity index (χ2n) is 14.3. The van der Waals surface area contributed by atoms with Gasteiger partial charge in [0.25, 0.3) is 0 Å². The molecular weight excluding hydrogens is 434 g/mol. The Morgan fingerprint density at radius 2 is 1.77 bits per heavy atom. The average Bonchev–Trinajstić information content (AvgIpc) is 2.91. The number of rotatable bonds is 2. The van der Waals surface area contributed by atoms with Crippen LogP contribution in [0.4, 0.5) is 0 Å². The Labute approximate surface area is 213 Å². The molecule has 2 bridgehead atoms. The van der Waals surface area contributed by atoms with Crippen LogP contribution in [0.2, 0.25) is 0 Å². The maximum absolute atomic E-state index is 12.4. The molecular formula is C30H51N3O2. The summed E-state index contributed by atoms with van der Waals surface area (Å²) in [7, 11) is 2.33. The van der Waals surface area contributed by atoms with E-state index in [2.05, 4.69) is 36.0 Å². The minimum atomic E-state index is -0.533. The standard InChI is InChI=1S/C30H51N3O2/c1-18-11-22-15-29-30(35,23-16-26(22)27(12-18)32(4)17-23)8-7-24(31-29)14-21-10-19(2)13-28-25(21)6-5-9-33(28)20(3)34/h18-19,21-29,31,35H,5-17H2,1-4H3/t18-,19+,21-,22+,23-,24-,25+,26-,27+,28-,29-,30+/m1/s1. The van der Waals surface area contributed by atoms with E-state index in [1.165, 1.54) is 57.8 Å². The summed E-state index contributed by atoms with van der Waals surface area (Å²) < 4.78 is 0. The number of aliphatic hydroxyl groups is 1. The Kier molecular flexibility index (Phi) is 6.54. The molecule has 12 atom stereocenters. The third kappa shape index (κ3) is 4.30. The second kappa shape index (κ2) is 9.27. The summed E-state index contributed by atoms with van der Waals surface area (Å²) in [6, 6.07) is 1.98. The lowest BCUT2D eigenvalue weighted by molar-refractivity contribution is -0.137. The predicted molar refractivity (Wildman–Crippen MR) is 140 cm³/mol. The first kappa shape index (κ1) is 24.7. The highest BCUT2D eigenvalue weighted by atomic mass is 16.3. The molecule has 1 amide bonds. The summed E-state index contributed by atoms with van der Waals surface area (Å²) in [5.41, 5.74) is -0.533. The Hall–Kier alpha value is -0.650. The van der Waals surface area contributed by atoms with Crippen LogP contribution < -0.4 is 5.32 Å². The molecule has 35 heavy (non-hydrogen) atoms. The molecule has 3 aliphatic carbocycles. The van der Waals surface area contributed by atoms with Crippen molar-refractivity contribution in [2.24, 2.45) is 41.4 Å². The highest BCUT2D eigenvalue weighted by molar-refractivity contribution is 5.73. The van der Waals surface area contributed by atoms with Crippen LogP contribution in [0, 0.1) is 41.4 Å². The van der Waals surface area contributed by atoms with Gasteiger partial charge in [-0.1, -0.05) is 13.8 Å². The van der Waals surface area contributed by atoms with Gasteiger partial charge in [0.2, 0.25) is 5.91 Å². The van der Waals surface area contributed by atoms with Crippen molar-refractivity contribution in [2.45, 2.75) is 121 Å². The quantitative estimate of drug-likeness (QED) is 0.613. The largest absolute Gasteiger partial charge is 0.388 e. The second-order valence-corrected chi connectivity index (χ2v) is 14.3. The van der Waals surface area contributed by atoms with Crippen LogP contribution in [-0.2, 0) is 4.79 Å². The molecule has 0 aromatic carbocycles. The predicted octanol–water partition coefficient (Wildman–Crippen LogP) is 4.29. The molecule has 0 radical (unpaired) electrons. The molecule has 3 saturated heterocycles. The molecule has 0 unspecified atom stereocenters. The molecule has 3 heterocycles. The SMILES string of the molecule is CC(=O)N1CCC[C@H]2[C@@H](C[C@H]3CC[C@]4(O)[C@@H]5C[C@@H]6[C@@H](C[C@@H](C)C[C@@H]6N(C)C5)C[C@H]4N3)C[C@H](C)C[C@H]21. The fourth-order valence-electron chi connectivity index (χ4n) is 10.6. The van der Waals surface area contributed by atoms with Crippen LogP contribution in [0.5, 0.6) is 0 Å². The number of amides is 1. The molecule has 3 saturated carbocycles. The Morgan fingerprint density at radius 1 is 1.00 bits per heavy atom. The van der Waals surface area contributed by atoms with Crippen LogP contribution in [-0.4, -0.2) is 70.7 Å². The Bertz CT molecular complexity index is 804. The minimum absolute atomic E-state index is 0.260. The summed E-state index contributed by atoms with van der Waals surface area (Å²) in [5.74, 6) is 5.15. The first-order valence-electron chi connectivity index (χ1n) is 15.2. The van der Waals surface area contributed by atoms with Crippen LogP contribution in [0.3, 0.4) is 0 Å². The number of likely N-dealkylation sites (tertiary alicyclic amines) is 2. The van der Waals surface area contributed by atoms with Gasteiger partial charge in [0.1, 0.15) is 0 Å². The molecule has 6 aliphatic rings. The number of carbonyl (C=O) groups excluding carboxylic acids is 1. The monoisotopic (exact) mass is 485 g/mol. The highest BCUT2D eigenvalue weighted by Gasteiger charge is 2.57. The van der Waals surface area contributed by atoms with E-state index in [0.717, 1.165) is 49.7 Å². The van der Waals surface area contributed by atoms with Crippen molar-refractivity contribution < 1.29 is 9.90 Å². The lowest BCUT2D eigenvalue weighted by Crippen LogP contribution is -2.64. The fraction of sp³-hybridized carbons (Fsp3) is 0.967. The summed E-state index contributed by atoms with van der Waals surface area (Å²) in [6.07, 6.45) is 13.4. The molecule has 2 N–H and O–H groups in total. The molecule has 0 aromatic heterocycles. The molecule has 5 heteroatoms. The number of piperidine rings is 3. The van der Waals surface area contributed by atoms with E-state index in [1.807, 2.05) is 0 Å². The fourth-order valence-corrected chi connectivity index (χ4v) is 10.6. The zero-order valence-corrected chi connectivity index (χ0v) is 22.8. The molecule has 0 aromatic rings. The van der Waals surface area contributed by atoms with Gasteiger partial charge in [-0.2, -0.15) is 0 Å². The van der Waals surface area contributed by atoms with Crippen LogP contribution in [0.15, 0.2) is 0 Å². The third-order valence-corrected chi connectivity index (χ3v) is 12.0. The molecule has 5 nitrogen and oxygen atoms in total. The summed E-state index contributed by atoms with van der Waals surface area (Å²) >= 11 is 0. The van der Waals surface area contributed by atoms with Gasteiger partial charge in [0.05, 0.1) is 5.60 Å². The summed E-state index contributed by atoms with van der Waals surface area (Å²) in [4.78, 5) is 17.2. The van der Waals surface area contributed by atoms with Gasteiger partial charge in [-0.15, -0.1) is 0 Å². The topological polar surface area (TPSA) is 55.8 Å². The van der Waals surface area contributed by atoms with Gasteiger partial charge in [0, 0.05) is 50.1 Å². The van der Waals surface area contributed by atoms with Crippen molar-refractivity contribution in [1.82, 2.24) is 15.1 Å². The van der Waals surface area contributed by atoms with E-state index >= 15 is 0 Å². The normalized spacial score (nSPS) is 52.3. The summed E-state index contributed by atoms with van der Waals surface area (Å²) in [5, 5.41) is 16.3. The Morgan fingerprint density at radius 3 is 2.57 bits per heavy atom. The molecule has 198 valence electrons. The van der Waals surface area contributed by atoms with Gasteiger partial charge >= 0.3 is 0 Å². The molecule has 3 aliphatic heterocycles. The first-order chi connectivity index (χ1) is 16.7. The number of fused-ring (bicyclic) bond motifs is 4. The van der Waals surface area contributed by atoms with Crippen molar-refractivity contribution in [1.29, 1.82) is 0 Å². The van der Waals surface area contributed by atoms with Crippen molar-refractivity contribution in [3.05, 3.63) is 0 Å². The molecule has 6 fully saturated rings. The van der Waals surface area contributed by atoms with Gasteiger partial charge in [-0.25, -0.2) is 0 Å². The maximum atomic E-state index is 12.4. The van der Waals surface area contributed by atoms with Crippen LogP contribution in [0.25, 0.3) is 0 Å². The molecule has 0 spiro atoms. The van der Waals surface area contributed by atoms with E-state index in [-0.39, 0.29) is 11.9 Å². The highest BCUT2D eigenvalue weighted by Crippen LogP contribution is 2.53. The van der Waals surface area contributed by atoms with E-state index < -0.39 is 5.60 Å². The van der Waals surface area contributed by atoms with Crippen molar-refractivity contribution in [3.63, 3.8) is 0 Å². The Balaban J connectivity index is 1.19. The lowest BCUT2D eigenvalue weighted by Gasteiger charge is -2.53. The number of hydrogen-bond acceptors (Lipinski definition) is 4. The number of nitrogens with zero attached hydrogens (tertiary/aromatic N) is 2. The van der Waals surface area contributed by atoms with Crippen molar-refractivity contribution >= 4 is 5.91 Å². The summed E-state index contributed by atoms with van der Waals surface area (Å²) in [6.45, 7) is 8.68. The van der Waals surface area contributed by atoms with Crippen molar-refractivity contribution in [3.8, 4) is 0 Å². The van der Waals surface area contributed by atoms with Gasteiger partial charge in [-0.05, 0) is 113 Å². The van der Waals surface area contributed by atoms with E-state index in [0.29, 0.717) is 35.8 Å². The van der Waals surface area contributed by atoms with Gasteiger partial charge in [-0.3, -0.25) is 4.79 Å². The van der Waals surface area contributed by atoms with Gasteiger partial charge < -0.3 is 20.2 Å². The number of nitrogens with one attached hydrogen (secondary N) is 1. The number of carbonyl (C=O) groups is 1. The first-order valence-corrected chi connectivity index (χ1v) is 15.2.